The lowest BCUT2D eigenvalue weighted by Gasteiger charge is -2.51. The molecule has 1 aromatic rings. The lowest BCUT2D eigenvalue weighted by atomic mass is 9.68. The Kier molecular flexibility index (Phi) is 7.09. The second-order valence-electron chi connectivity index (χ2n) is 10.9. The fraction of sp³-hybridized carbons (Fsp3) is 0.654. The average Bonchev–Trinajstić information content (AvgIpc) is 3.01. The average molecular weight is 488 g/mol. The second-order valence-corrected chi connectivity index (χ2v) is 10.9. The molecule has 0 unspecified atom stereocenters. The van der Waals surface area contributed by atoms with Crippen LogP contribution in [0.25, 0.3) is 0 Å². The summed E-state index contributed by atoms with van der Waals surface area (Å²) in [5.74, 6) is -0.599. The molecule has 1 aliphatic heterocycles. The Labute approximate surface area is 207 Å². The Morgan fingerprint density at radius 3 is 2.23 bits per heavy atom. The highest BCUT2D eigenvalue weighted by Crippen LogP contribution is 2.49. The normalized spacial score (nSPS) is 26.9. The Hall–Kier alpha value is -2.68. The highest BCUT2D eigenvalue weighted by Gasteiger charge is 2.55. The first-order chi connectivity index (χ1) is 16.6. The third kappa shape index (κ3) is 4.87. The van der Waals surface area contributed by atoms with Gasteiger partial charge in [-0.2, -0.15) is 0 Å². The summed E-state index contributed by atoms with van der Waals surface area (Å²) in [6.45, 7) is 1.01. The van der Waals surface area contributed by atoms with Crippen molar-refractivity contribution in [2.75, 3.05) is 47.3 Å². The van der Waals surface area contributed by atoms with Crippen molar-refractivity contribution in [3.8, 4) is 0 Å². The number of carbonyl (C=O) groups excluding carboxylic acids is 3. The highest BCUT2D eigenvalue weighted by atomic mass is 19.1. The van der Waals surface area contributed by atoms with Crippen molar-refractivity contribution in [1.29, 1.82) is 0 Å². The molecular formula is C26H38FN5O3. The largest absolute Gasteiger partial charge is 0.368 e. The number of amides is 4. The van der Waals surface area contributed by atoms with Gasteiger partial charge < -0.3 is 20.4 Å². The van der Waals surface area contributed by atoms with E-state index in [0.29, 0.717) is 12.5 Å². The van der Waals surface area contributed by atoms with Crippen LogP contribution < -0.4 is 5.73 Å². The summed E-state index contributed by atoms with van der Waals surface area (Å²) in [7, 11) is 5.66. The summed E-state index contributed by atoms with van der Waals surface area (Å²) in [5.41, 5.74) is 5.78. The predicted molar refractivity (Wildman–Crippen MR) is 131 cm³/mol. The smallest absolute Gasteiger partial charge is 0.321 e. The first kappa shape index (κ1) is 25.4. The number of nitrogens with two attached hydrogens (primary N) is 1. The minimum absolute atomic E-state index is 0.0533. The number of hydrogen-bond donors (Lipinski definition) is 1. The molecule has 1 saturated heterocycles. The van der Waals surface area contributed by atoms with Crippen LogP contribution in [0, 0.1) is 11.7 Å². The maximum atomic E-state index is 13.6. The maximum absolute atomic E-state index is 13.6. The summed E-state index contributed by atoms with van der Waals surface area (Å²) in [6.07, 6.45) is 6.77. The molecule has 1 heterocycles. The van der Waals surface area contributed by atoms with Crippen LogP contribution in [0.3, 0.4) is 0 Å². The van der Waals surface area contributed by atoms with Crippen LogP contribution in [0.5, 0.6) is 0 Å². The fourth-order valence-corrected chi connectivity index (χ4v) is 6.13. The molecule has 1 aromatic carbocycles. The van der Waals surface area contributed by atoms with E-state index in [2.05, 4.69) is 19.0 Å². The Balaban J connectivity index is 1.55. The Bertz CT molecular complexity index is 954. The minimum atomic E-state index is -0.579. The molecule has 0 atom stereocenters. The summed E-state index contributed by atoms with van der Waals surface area (Å²) in [5, 5.41) is 0. The van der Waals surface area contributed by atoms with Crippen molar-refractivity contribution in [1.82, 2.24) is 19.6 Å². The third-order valence-electron chi connectivity index (χ3n) is 8.62. The Morgan fingerprint density at radius 1 is 1.09 bits per heavy atom. The number of urea groups is 1. The molecule has 8 nitrogen and oxygen atoms in total. The van der Waals surface area contributed by atoms with Crippen LogP contribution in [0.4, 0.5) is 9.18 Å². The van der Waals surface area contributed by atoms with Gasteiger partial charge in [-0.25, -0.2) is 9.18 Å². The molecule has 0 aromatic heterocycles. The van der Waals surface area contributed by atoms with Gasteiger partial charge in [0.2, 0.25) is 11.8 Å². The van der Waals surface area contributed by atoms with Gasteiger partial charge in [-0.1, -0.05) is 18.6 Å². The quantitative estimate of drug-likeness (QED) is 0.610. The van der Waals surface area contributed by atoms with Crippen LogP contribution in [-0.4, -0.2) is 90.3 Å². The van der Waals surface area contributed by atoms with Gasteiger partial charge in [0.15, 0.2) is 0 Å². The van der Waals surface area contributed by atoms with Crippen molar-refractivity contribution in [2.45, 2.75) is 56.0 Å². The van der Waals surface area contributed by atoms with Crippen LogP contribution >= 0.6 is 0 Å². The molecule has 2 N–H and O–H groups in total. The van der Waals surface area contributed by atoms with E-state index < -0.39 is 5.91 Å². The first-order valence-corrected chi connectivity index (χ1v) is 12.6. The van der Waals surface area contributed by atoms with Crippen LogP contribution in [0.15, 0.2) is 24.3 Å². The van der Waals surface area contributed by atoms with Crippen molar-refractivity contribution in [3.05, 3.63) is 35.6 Å². The van der Waals surface area contributed by atoms with Crippen LogP contribution in [-0.2, 0) is 15.1 Å². The summed E-state index contributed by atoms with van der Waals surface area (Å²) < 4.78 is 13.6. The zero-order valence-corrected chi connectivity index (χ0v) is 21.1. The summed E-state index contributed by atoms with van der Waals surface area (Å²) >= 11 is 0. The standard InChI is InChI=1S/C26H38FN5O3/c1-29(2)26(20-7-9-21(27)10-8-20)13-11-25(12-14-26)18-31(17-23(34)30(3)16-22(28)33)24(35)32(25)15-19-5-4-6-19/h7-10,19H,4-6,11-18H2,1-3H3,(H2,28,33)/t25-,26+. The third-order valence-corrected chi connectivity index (χ3v) is 8.62. The van der Waals surface area contributed by atoms with Crippen molar-refractivity contribution in [2.24, 2.45) is 11.7 Å². The molecular weight excluding hydrogens is 449 g/mol. The van der Waals surface area contributed by atoms with Gasteiger partial charge >= 0.3 is 6.03 Å². The Morgan fingerprint density at radius 2 is 1.71 bits per heavy atom. The van der Waals surface area contributed by atoms with Gasteiger partial charge in [-0.3, -0.25) is 14.5 Å². The molecule has 192 valence electrons. The van der Waals surface area contributed by atoms with E-state index in [9.17, 15) is 18.8 Å². The topological polar surface area (TPSA) is 90.2 Å². The fourth-order valence-electron chi connectivity index (χ4n) is 6.13. The van der Waals surface area contributed by atoms with E-state index in [1.807, 2.05) is 17.0 Å². The van der Waals surface area contributed by atoms with E-state index in [1.54, 1.807) is 4.90 Å². The zero-order chi connectivity index (χ0) is 25.4. The molecule has 3 fully saturated rings. The van der Waals surface area contributed by atoms with Gasteiger partial charge in [-0.15, -0.1) is 0 Å². The van der Waals surface area contributed by atoms with E-state index in [4.69, 9.17) is 5.73 Å². The molecule has 9 heteroatoms. The van der Waals surface area contributed by atoms with Gasteiger partial charge in [0, 0.05) is 25.7 Å². The van der Waals surface area contributed by atoms with E-state index in [0.717, 1.165) is 50.6 Å². The van der Waals surface area contributed by atoms with Gasteiger partial charge in [0.25, 0.3) is 0 Å². The van der Waals surface area contributed by atoms with E-state index >= 15 is 0 Å². The van der Waals surface area contributed by atoms with Crippen molar-refractivity contribution in [3.63, 3.8) is 0 Å². The molecule has 3 aliphatic rings. The molecule has 0 bridgehead atoms. The second kappa shape index (κ2) is 9.76. The number of hydrogen-bond acceptors (Lipinski definition) is 4. The van der Waals surface area contributed by atoms with Gasteiger partial charge in [-0.05, 0) is 76.2 Å². The highest BCUT2D eigenvalue weighted by molar-refractivity contribution is 5.88. The van der Waals surface area contributed by atoms with Gasteiger partial charge in [0.1, 0.15) is 12.4 Å². The van der Waals surface area contributed by atoms with Crippen molar-refractivity contribution >= 4 is 17.8 Å². The molecule has 35 heavy (non-hydrogen) atoms. The molecule has 4 rings (SSSR count). The number of primary amides is 1. The molecule has 0 radical (unpaired) electrons. The lowest BCUT2D eigenvalue weighted by Crippen LogP contribution is -2.56. The number of likely N-dealkylation sites (N-methyl/N-ethyl adjacent to an activating group) is 1. The van der Waals surface area contributed by atoms with E-state index in [1.165, 1.54) is 30.5 Å². The summed E-state index contributed by atoms with van der Waals surface area (Å²) in [4.78, 5) is 44.7. The number of nitrogens with zero attached hydrogens (tertiary/aromatic N) is 4. The van der Waals surface area contributed by atoms with Crippen molar-refractivity contribution < 1.29 is 18.8 Å². The zero-order valence-electron chi connectivity index (χ0n) is 21.1. The van der Waals surface area contributed by atoms with Crippen LogP contribution in [0.2, 0.25) is 0 Å². The molecule has 2 saturated carbocycles. The number of rotatable bonds is 8. The predicted octanol–water partition coefficient (Wildman–Crippen LogP) is 2.38. The minimum Gasteiger partial charge on any atom is -0.368 e. The molecule has 1 spiro atoms. The number of carbonyl (C=O) groups is 3. The SMILES string of the molecule is CN(CC(N)=O)C(=O)CN1C[C@]2(CC[C@](c3ccc(F)cc3)(N(C)C)CC2)N(CC2CCC2)C1=O. The van der Waals surface area contributed by atoms with Crippen LogP contribution in [0.1, 0.15) is 50.5 Å². The number of benzene rings is 1. The van der Waals surface area contributed by atoms with E-state index in [-0.39, 0.29) is 41.9 Å². The van der Waals surface area contributed by atoms with Gasteiger partial charge in [0.05, 0.1) is 12.1 Å². The monoisotopic (exact) mass is 487 g/mol. The summed E-state index contributed by atoms with van der Waals surface area (Å²) in [6, 6.07) is 6.69. The molecule has 4 amide bonds. The maximum Gasteiger partial charge on any atom is 0.321 e. The molecule has 2 aliphatic carbocycles. The number of halogens is 1. The lowest BCUT2D eigenvalue weighted by molar-refractivity contribution is -0.134. The first-order valence-electron chi connectivity index (χ1n) is 12.6.